The van der Waals surface area contributed by atoms with E-state index in [1.807, 2.05) is 11.0 Å². The van der Waals surface area contributed by atoms with Crippen molar-refractivity contribution in [1.82, 2.24) is 4.90 Å². The first-order chi connectivity index (χ1) is 10.0. The molecule has 0 spiro atoms. The van der Waals surface area contributed by atoms with Gasteiger partial charge in [-0.3, -0.25) is 19.8 Å². The van der Waals surface area contributed by atoms with E-state index in [4.69, 9.17) is 10.4 Å². The lowest BCUT2D eigenvalue weighted by molar-refractivity contribution is -0.384. The van der Waals surface area contributed by atoms with Crippen LogP contribution in [0.4, 0.5) is 11.4 Å². The van der Waals surface area contributed by atoms with Crippen molar-refractivity contribution < 1.29 is 14.8 Å². The van der Waals surface area contributed by atoms with E-state index >= 15 is 0 Å². The van der Waals surface area contributed by atoms with Gasteiger partial charge in [0.2, 0.25) is 0 Å². The second-order valence-electron chi connectivity index (χ2n) is 4.73. The summed E-state index contributed by atoms with van der Waals surface area (Å²) >= 11 is 0. The minimum atomic E-state index is -0.882. The van der Waals surface area contributed by atoms with Crippen molar-refractivity contribution in [2.45, 2.75) is 0 Å². The maximum Gasteiger partial charge on any atom is 0.317 e. The molecule has 21 heavy (non-hydrogen) atoms. The summed E-state index contributed by atoms with van der Waals surface area (Å²) < 4.78 is 0. The van der Waals surface area contributed by atoms with Crippen LogP contribution in [-0.2, 0) is 4.79 Å². The monoisotopic (exact) mass is 290 g/mol. The van der Waals surface area contributed by atoms with Crippen molar-refractivity contribution in [3.8, 4) is 6.07 Å². The Hall–Kier alpha value is -2.66. The number of carboxylic acid groups (broad SMARTS) is 1. The SMILES string of the molecule is N#Cc1ccc(N2CCN(CC(=O)O)CC2)c([N+](=O)[O-])c1. The summed E-state index contributed by atoms with van der Waals surface area (Å²) in [6, 6.07) is 6.27. The van der Waals surface area contributed by atoms with Crippen molar-refractivity contribution >= 4 is 17.3 Å². The van der Waals surface area contributed by atoms with Gasteiger partial charge in [-0.15, -0.1) is 0 Å². The zero-order valence-electron chi connectivity index (χ0n) is 11.2. The molecule has 110 valence electrons. The van der Waals surface area contributed by atoms with Crippen LogP contribution in [-0.4, -0.2) is 53.6 Å². The molecule has 0 bridgehead atoms. The van der Waals surface area contributed by atoms with Crippen LogP contribution in [0.15, 0.2) is 18.2 Å². The van der Waals surface area contributed by atoms with Gasteiger partial charge in [-0.05, 0) is 12.1 Å². The molecule has 0 radical (unpaired) electrons. The maximum absolute atomic E-state index is 11.1. The fourth-order valence-corrected chi connectivity index (χ4v) is 2.34. The summed E-state index contributed by atoms with van der Waals surface area (Å²) in [4.78, 5) is 24.9. The molecule has 1 aromatic carbocycles. The molecule has 1 N–H and O–H groups in total. The predicted octanol–water partition coefficient (Wildman–Crippen LogP) is 0.673. The van der Waals surface area contributed by atoms with Gasteiger partial charge in [0.05, 0.1) is 23.1 Å². The number of carboxylic acids is 1. The van der Waals surface area contributed by atoms with E-state index in [1.54, 1.807) is 17.0 Å². The third-order valence-electron chi connectivity index (χ3n) is 3.37. The minimum Gasteiger partial charge on any atom is -0.480 e. The van der Waals surface area contributed by atoms with E-state index in [1.165, 1.54) is 6.07 Å². The van der Waals surface area contributed by atoms with E-state index in [9.17, 15) is 14.9 Å². The summed E-state index contributed by atoms with van der Waals surface area (Å²) in [7, 11) is 0. The lowest BCUT2D eigenvalue weighted by Crippen LogP contribution is -2.48. The summed E-state index contributed by atoms with van der Waals surface area (Å²) in [5.41, 5.74) is 0.615. The van der Waals surface area contributed by atoms with Crippen LogP contribution in [0.25, 0.3) is 0 Å². The zero-order chi connectivity index (χ0) is 15.4. The number of nitrogens with zero attached hydrogens (tertiary/aromatic N) is 4. The minimum absolute atomic E-state index is 0.0245. The van der Waals surface area contributed by atoms with E-state index < -0.39 is 10.9 Å². The number of rotatable bonds is 4. The number of carbonyl (C=O) groups is 1. The van der Waals surface area contributed by atoms with Crippen molar-refractivity contribution in [3.05, 3.63) is 33.9 Å². The topological polar surface area (TPSA) is 111 Å². The fourth-order valence-electron chi connectivity index (χ4n) is 2.34. The van der Waals surface area contributed by atoms with E-state index in [2.05, 4.69) is 0 Å². The Morgan fingerprint density at radius 3 is 2.57 bits per heavy atom. The quantitative estimate of drug-likeness (QED) is 0.641. The molecule has 8 nitrogen and oxygen atoms in total. The number of nitro groups is 1. The molecule has 1 aliphatic rings. The Labute approximate surface area is 121 Å². The number of nitriles is 1. The lowest BCUT2D eigenvalue weighted by Gasteiger charge is -2.34. The number of hydrogen-bond acceptors (Lipinski definition) is 6. The molecule has 1 fully saturated rings. The average Bonchev–Trinajstić information content (AvgIpc) is 2.47. The number of aliphatic carboxylic acids is 1. The number of anilines is 1. The van der Waals surface area contributed by atoms with Gasteiger partial charge in [0, 0.05) is 32.2 Å². The molecule has 0 unspecified atom stereocenters. The van der Waals surface area contributed by atoms with E-state index in [0.29, 0.717) is 31.9 Å². The third-order valence-corrected chi connectivity index (χ3v) is 3.37. The first kappa shape index (κ1) is 14.7. The normalized spacial score (nSPS) is 15.5. The summed E-state index contributed by atoms with van der Waals surface area (Å²) in [6.07, 6.45) is 0. The molecule has 1 aliphatic heterocycles. The number of nitro benzene ring substituents is 1. The molecule has 0 saturated carbocycles. The second kappa shape index (κ2) is 6.19. The van der Waals surface area contributed by atoms with Gasteiger partial charge in [0.25, 0.3) is 5.69 Å². The molecule has 0 aliphatic carbocycles. The molecular formula is C13H14N4O4. The summed E-state index contributed by atoms with van der Waals surface area (Å²) in [5, 5.41) is 28.7. The number of hydrogen-bond donors (Lipinski definition) is 1. The Bertz CT molecular complexity index is 603. The van der Waals surface area contributed by atoms with Gasteiger partial charge in [-0.2, -0.15) is 5.26 Å². The Morgan fingerprint density at radius 2 is 2.05 bits per heavy atom. The van der Waals surface area contributed by atoms with Crippen LogP contribution < -0.4 is 4.90 Å². The van der Waals surface area contributed by atoms with Gasteiger partial charge < -0.3 is 10.0 Å². The van der Waals surface area contributed by atoms with Crippen molar-refractivity contribution in [2.75, 3.05) is 37.6 Å². The van der Waals surface area contributed by atoms with Crippen LogP contribution in [0, 0.1) is 21.4 Å². The van der Waals surface area contributed by atoms with Gasteiger partial charge in [-0.1, -0.05) is 0 Å². The molecule has 8 heteroatoms. The fraction of sp³-hybridized carbons (Fsp3) is 0.385. The second-order valence-corrected chi connectivity index (χ2v) is 4.73. The predicted molar refractivity (Wildman–Crippen MR) is 74.1 cm³/mol. The highest BCUT2D eigenvalue weighted by molar-refractivity contribution is 5.69. The van der Waals surface area contributed by atoms with Gasteiger partial charge in [0.15, 0.2) is 0 Å². The van der Waals surface area contributed by atoms with Crippen LogP contribution in [0.2, 0.25) is 0 Å². The Balaban J connectivity index is 2.15. The maximum atomic E-state index is 11.1. The first-order valence-corrected chi connectivity index (χ1v) is 6.39. The standard InChI is InChI=1S/C13H14N4O4/c14-8-10-1-2-11(12(7-10)17(20)21)16-5-3-15(4-6-16)9-13(18)19/h1-2,7H,3-6,9H2,(H,18,19). The van der Waals surface area contributed by atoms with Crippen molar-refractivity contribution in [1.29, 1.82) is 5.26 Å². The highest BCUT2D eigenvalue weighted by Gasteiger charge is 2.24. The van der Waals surface area contributed by atoms with E-state index in [0.717, 1.165) is 0 Å². The van der Waals surface area contributed by atoms with E-state index in [-0.39, 0.29) is 17.8 Å². The lowest BCUT2D eigenvalue weighted by atomic mass is 10.1. The van der Waals surface area contributed by atoms with Crippen LogP contribution >= 0.6 is 0 Å². The van der Waals surface area contributed by atoms with Gasteiger partial charge in [0.1, 0.15) is 5.69 Å². The largest absolute Gasteiger partial charge is 0.480 e. The Kier molecular flexibility index (Phi) is 4.35. The third kappa shape index (κ3) is 3.46. The molecule has 0 aromatic heterocycles. The Morgan fingerprint density at radius 1 is 1.38 bits per heavy atom. The highest BCUT2D eigenvalue weighted by atomic mass is 16.6. The van der Waals surface area contributed by atoms with Crippen LogP contribution in [0.3, 0.4) is 0 Å². The van der Waals surface area contributed by atoms with Crippen LogP contribution in [0.5, 0.6) is 0 Å². The molecular weight excluding hydrogens is 276 g/mol. The zero-order valence-corrected chi connectivity index (χ0v) is 11.2. The number of piperazine rings is 1. The van der Waals surface area contributed by atoms with Crippen molar-refractivity contribution in [2.24, 2.45) is 0 Å². The summed E-state index contributed by atoms with van der Waals surface area (Å²) in [5.74, 6) is -0.882. The van der Waals surface area contributed by atoms with Crippen LogP contribution in [0.1, 0.15) is 5.56 Å². The molecule has 0 atom stereocenters. The molecule has 1 aromatic rings. The summed E-state index contributed by atoms with van der Waals surface area (Å²) in [6.45, 7) is 2.07. The highest BCUT2D eigenvalue weighted by Crippen LogP contribution is 2.29. The number of benzene rings is 1. The molecule has 1 heterocycles. The average molecular weight is 290 g/mol. The molecule has 0 amide bonds. The van der Waals surface area contributed by atoms with Crippen molar-refractivity contribution in [3.63, 3.8) is 0 Å². The van der Waals surface area contributed by atoms with Gasteiger partial charge >= 0.3 is 5.97 Å². The first-order valence-electron chi connectivity index (χ1n) is 6.39. The van der Waals surface area contributed by atoms with Gasteiger partial charge in [-0.25, -0.2) is 0 Å². The smallest absolute Gasteiger partial charge is 0.317 e. The molecule has 1 saturated heterocycles. The molecule has 2 rings (SSSR count).